The minimum atomic E-state index is -0.884. The number of β-amino-alcohol motifs (C(OH)–C–C–N with tert-alkyl or cyclic N) is 1. The molecule has 1 saturated heterocycles. The molecule has 31 heavy (non-hydrogen) atoms. The lowest BCUT2D eigenvalue weighted by Crippen LogP contribution is -2.37. The molecule has 4 rings (SSSR count). The van der Waals surface area contributed by atoms with Gasteiger partial charge in [-0.3, -0.25) is 24.1 Å². The monoisotopic (exact) mass is 424 g/mol. The third kappa shape index (κ3) is 4.36. The summed E-state index contributed by atoms with van der Waals surface area (Å²) in [7, 11) is 0. The maximum atomic E-state index is 12.6. The van der Waals surface area contributed by atoms with Crippen LogP contribution in [0.3, 0.4) is 0 Å². The third-order valence-electron chi connectivity index (χ3n) is 5.50. The molecule has 0 bridgehead atoms. The van der Waals surface area contributed by atoms with Crippen LogP contribution in [-0.4, -0.2) is 56.2 Å². The first kappa shape index (κ1) is 20.8. The van der Waals surface area contributed by atoms with E-state index in [9.17, 15) is 19.5 Å². The maximum absolute atomic E-state index is 12.6. The number of benzene rings is 1. The van der Waals surface area contributed by atoms with Crippen molar-refractivity contribution in [3.8, 4) is 5.75 Å². The summed E-state index contributed by atoms with van der Waals surface area (Å²) in [4.78, 5) is 44.4. The number of aliphatic hydroxyl groups is 1. The summed E-state index contributed by atoms with van der Waals surface area (Å²) in [6.45, 7) is 2.30. The number of likely N-dealkylation sites (tertiary alicyclic amines) is 1. The van der Waals surface area contributed by atoms with Crippen LogP contribution in [0.4, 0.5) is 0 Å². The maximum Gasteiger partial charge on any atom is 0.328 e. The quantitative estimate of drug-likeness (QED) is 0.570. The second kappa shape index (κ2) is 8.73. The molecule has 2 atom stereocenters. The van der Waals surface area contributed by atoms with Crippen molar-refractivity contribution in [1.29, 1.82) is 0 Å². The molecule has 0 saturated carbocycles. The van der Waals surface area contributed by atoms with Crippen LogP contribution in [0.2, 0.25) is 0 Å². The lowest BCUT2D eigenvalue weighted by molar-refractivity contribution is -0.130. The first-order valence-corrected chi connectivity index (χ1v) is 10.2. The molecule has 3 heterocycles. The fourth-order valence-corrected chi connectivity index (χ4v) is 3.84. The molecule has 1 aliphatic heterocycles. The van der Waals surface area contributed by atoms with E-state index in [0.29, 0.717) is 24.3 Å². The number of ether oxygens (including phenoxy) is 1. The van der Waals surface area contributed by atoms with E-state index in [4.69, 9.17) is 4.74 Å². The Kier molecular flexibility index (Phi) is 5.85. The van der Waals surface area contributed by atoms with Gasteiger partial charge in [0, 0.05) is 42.9 Å². The van der Waals surface area contributed by atoms with E-state index in [1.807, 2.05) is 30.3 Å². The van der Waals surface area contributed by atoms with Crippen molar-refractivity contribution >= 4 is 16.8 Å². The molecule has 9 heteroatoms. The lowest BCUT2D eigenvalue weighted by Gasteiger charge is -2.18. The van der Waals surface area contributed by atoms with Crippen LogP contribution in [0, 0.1) is 6.92 Å². The first-order valence-electron chi connectivity index (χ1n) is 10.2. The van der Waals surface area contributed by atoms with Crippen LogP contribution in [0.1, 0.15) is 24.4 Å². The molecule has 0 unspecified atom stereocenters. The number of aromatic nitrogens is 3. The number of aryl methyl sites for hydroxylation is 1. The van der Waals surface area contributed by atoms with Crippen molar-refractivity contribution in [3.05, 3.63) is 69.1 Å². The molecule has 0 spiro atoms. The second-order valence-corrected chi connectivity index (χ2v) is 7.70. The Balaban J connectivity index is 1.33. The molecule has 0 radical (unpaired) electrons. The van der Waals surface area contributed by atoms with Crippen molar-refractivity contribution in [2.75, 3.05) is 19.7 Å². The van der Waals surface area contributed by atoms with Gasteiger partial charge in [-0.15, -0.1) is 0 Å². The average molecular weight is 424 g/mol. The van der Waals surface area contributed by atoms with Gasteiger partial charge in [0.15, 0.2) is 0 Å². The van der Waals surface area contributed by atoms with Crippen molar-refractivity contribution in [2.45, 2.75) is 31.9 Å². The summed E-state index contributed by atoms with van der Waals surface area (Å²) in [6.07, 6.45) is 3.02. The Morgan fingerprint density at radius 2 is 2.06 bits per heavy atom. The summed E-state index contributed by atoms with van der Waals surface area (Å²) in [5.74, 6) is 0.561. The van der Waals surface area contributed by atoms with E-state index >= 15 is 0 Å². The highest BCUT2D eigenvalue weighted by Gasteiger charge is 2.35. The molecule has 3 aromatic rings. The molecule has 1 amide bonds. The molecule has 9 nitrogen and oxygen atoms in total. The van der Waals surface area contributed by atoms with Crippen LogP contribution in [0.5, 0.6) is 5.75 Å². The summed E-state index contributed by atoms with van der Waals surface area (Å²) in [5, 5.41) is 11.4. The van der Waals surface area contributed by atoms with Crippen molar-refractivity contribution in [3.63, 3.8) is 0 Å². The topological polar surface area (TPSA) is 118 Å². The number of para-hydroxylation sites is 1. The van der Waals surface area contributed by atoms with Crippen LogP contribution < -0.4 is 16.0 Å². The van der Waals surface area contributed by atoms with Gasteiger partial charge in [-0.05, 0) is 25.5 Å². The zero-order valence-electron chi connectivity index (χ0n) is 17.2. The third-order valence-corrected chi connectivity index (χ3v) is 5.50. The number of carbonyl (C=O) groups excluding carboxylic acids is 1. The van der Waals surface area contributed by atoms with Gasteiger partial charge in [0.05, 0.1) is 18.8 Å². The van der Waals surface area contributed by atoms with E-state index in [1.54, 1.807) is 18.0 Å². The number of aromatic amines is 1. The zero-order valence-corrected chi connectivity index (χ0v) is 17.2. The van der Waals surface area contributed by atoms with E-state index in [-0.39, 0.29) is 25.4 Å². The molecule has 162 valence electrons. The summed E-state index contributed by atoms with van der Waals surface area (Å²) >= 11 is 0. The summed E-state index contributed by atoms with van der Waals surface area (Å²) in [6, 6.07) is 8.95. The predicted molar refractivity (Wildman–Crippen MR) is 114 cm³/mol. The van der Waals surface area contributed by atoms with Gasteiger partial charge in [-0.2, -0.15) is 0 Å². The van der Waals surface area contributed by atoms with E-state index in [2.05, 4.69) is 9.97 Å². The fourth-order valence-electron chi connectivity index (χ4n) is 3.84. The molecule has 1 aromatic carbocycles. The smallest absolute Gasteiger partial charge is 0.328 e. The number of carbonyl (C=O) groups is 1. The molecule has 2 N–H and O–H groups in total. The largest absolute Gasteiger partial charge is 0.491 e. The lowest BCUT2D eigenvalue weighted by atomic mass is 10.2. The highest BCUT2D eigenvalue weighted by Crippen LogP contribution is 2.24. The second-order valence-electron chi connectivity index (χ2n) is 7.70. The van der Waals surface area contributed by atoms with Gasteiger partial charge in [0.2, 0.25) is 5.91 Å². The highest BCUT2D eigenvalue weighted by atomic mass is 16.5. The number of fused-ring (bicyclic) bond motifs is 1. The van der Waals surface area contributed by atoms with Crippen molar-refractivity contribution < 1.29 is 14.6 Å². The Morgan fingerprint density at radius 1 is 1.26 bits per heavy atom. The van der Waals surface area contributed by atoms with Gasteiger partial charge in [-0.25, -0.2) is 4.79 Å². The van der Waals surface area contributed by atoms with Gasteiger partial charge in [0.1, 0.15) is 11.3 Å². The van der Waals surface area contributed by atoms with Crippen LogP contribution in [-0.2, 0) is 4.79 Å². The molecule has 1 aliphatic rings. The first-order chi connectivity index (χ1) is 14.9. The minimum absolute atomic E-state index is 0.115. The number of rotatable bonds is 6. The SMILES string of the molecule is Cc1cn([C@@H]2CN(C(=O)CCCOc3cccc4cccnc34)C[C@H]2O)c(=O)[nH]c1=O. The zero-order chi connectivity index (χ0) is 22.0. The molecule has 0 aliphatic carbocycles. The minimum Gasteiger partial charge on any atom is -0.491 e. The van der Waals surface area contributed by atoms with E-state index in [1.165, 1.54) is 10.8 Å². The normalized spacial score (nSPS) is 18.5. The summed E-state index contributed by atoms with van der Waals surface area (Å²) in [5.41, 5.74) is 0.106. The molecule has 1 fully saturated rings. The number of aliphatic hydroxyl groups excluding tert-OH is 1. The Hall–Kier alpha value is -3.46. The van der Waals surface area contributed by atoms with E-state index < -0.39 is 23.4 Å². The van der Waals surface area contributed by atoms with Gasteiger partial charge in [-0.1, -0.05) is 18.2 Å². The number of amides is 1. The number of nitrogens with one attached hydrogen (secondary N) is 1. The highest BCUT2D eigenvalue weighted by molar-refractivity contribution is 5.84. The number of pyridine rings is 1. The standard InChI is InChI=1S/C22H24N4O5/c1-14-11-26(22(30)24-21(14)29)16-12-25(13-17(16)27)19(28)8-4-10-31-18-7-2-5-15-6-3-9-23-20(15)18/h2-3,5-7,9,11,16-17,27H,4,8,10,12-13H2,1H3,(H,24,29,30)/t16-,17-/m1/s1. The fraction of sp³-hybridized carbons (Fsp3) is 0.364. The van der Waals surface area contributed by atoms with Crippen molar-refractivity contribution in [2.24, 2.45) is 0 Å². The van der Waals surface area contributed by atoms with E-state index in [0.717, 1.165) is 10.9 Å². The van der Waals surface area contributed by atoms with Gasteiger partial charge in [0.25, 0.3) is 5.56 Å². The molecule has 2 aromatic heterocycles. The predicted octanol–water partition coefficient (Wildman–Crippen LogP) is 0.997. The number of H-pyrrole nitrogens is 1. The average Bonchev–Trinajstić information content (AvgIpc) is 3.15. The Morgan fingerprint density at radius 3 is 2.90 bits per heavy atom. The Labute approximate surface area is 177 Å². The molecular weight excluding hydrogens is 400 g/mol. The Bertz CT molecular complexity index is 1210. The van der Waals surface area contributed by atoms with Gasteiger partial charge < -0.3 is 14.7 Å². The van der Waals surface area contributed by atoms with Crippen LogP contribution >= 0.6 is 0 Å². The number of nitrogens with zero attached hydrogens (tertiary/aromatic N) is 3. The number of hydrogen-bond acceptors (Lipinski definition) is 6. The van der Waals surface area contributed by atoms with Crippen molar-refractivity contribution in [1.82, 2.24) is 19.4 Å². The van der Waals surface area contributed by atoms with Crippen LogP contribution in [0.15, 0.2) is 52.3 Å². The van der Waals surface area contributed by atoms with Crippen LogP contribution in [0.25, 0.3) is 10.9 Å². The molecular formula is C22H24N4O5. The summed E-state index contributed by atoms with van der Waals surface area (Å²) < 4.78 is 7.12. The number of hydrogen-bond donors (Lipinski definition) is 2. The van der Waals surface area contributed by atoms with Gasteiger partial charge >= 0.3 is 5.69 Å².